The fourth-order valence-electron chi connectivity index (χ4n) is 1.02. The van der Waals surface area contributed by atoms with Gasteiger partial charge in [-0.15, -0.1) is 0 Å². The number of aliphatic hydroxyl groups excluding tert-OH is 1. The van der Waals surface area contributed by atoms with Gasteiger partial charge in [-0.05, 0) is 13.3 Å². The maximum Gasteiger partial charge on any atom is 0.120 e. The molecule has 1 aliphatic heterocycles. The second-order valence-electron chi connectivity index (χ2n) is 2.41. The highest BCUT2D eigenvalue weighted by Gasteiger charge is 2.25. The van der Waals surface area contributed by atoms with Gasteiger partial charge in [-0.3, -0.25) is 5.32 Å². The highest BCUT2D eigenvalue weighted by Crippen LogP contribution is 2.07. The monoisotopic (exact) mass is 116 g/mol. The summed E-state index contributed by atoms with van der Waals surface area (Å²) < 4.78 is 0. The molecule has 48 valence electrons. The molecule has 0 aromatic carbocycles. The molecule has 1 heterocycles. The molecule has 1 fully saturated rings. The van der Waals surface area contributed by atoms with E-state index in [4.69, 9.17) is 10.8 Å². The zero-order valence-electron chi connectivity index (χ0n) is 4.96. The van der Waals surface area contributed by atoms with Crippen LogP contribution >= 0.6 is 0 Å². The first-order chi connectivity index (χ1) is 3.70. The van der Waals surface area contributed by atoms with Crippen LogP contribution in [0.2, 0.25) is 0 Å². The summed E-state index contributed by atoms with van der Waals surface area (Å²) in [6.45, 7) is 2.01. The molecule has 1 aliphatic rings. The van der Waals surface area contributed by atoms with Crippen LogP contribution < -0.4 is 11.1 Å². The van der Waals surface area contributed by atoms with E-state index in [0.717, 1.165) is 6.42 Å². The molecule has 0 aliphatic carbocycles. The minimum Gasteiger partial charge on any atom is -0.377 e. The van der Waals surface area contributed by atoms with E-state index in [1.54, 1.807) is 0 Å². The quantitative estimate of drug-likeness (QED) is 0.381. The highest BCUT2D eigenvalue weighted by molar-refractivity contribution is 4.84. The molecule has 1 unspecified atom stereocenters. The Kier molecular flexibility index (Phi) is 1.51. The molecule has 1 rings (SSSR count). The van der Waals surface area contributed by atoms with E-state index in [1.807, 2.05) is 6.92 Å². The first-order valence-electron chi connectivity index (χ1n) is 2.90. The van der Waals surface area contributed by atoms with E-state index in [9.17, 15) is 0 Å². The Morgan fingerprint density at radius 1 is 1.75 bits per heavy atom. The summed E-state index contributed by atoms with van der Waals surface area (Å²) in [7, 11) is 0. The smallest absolute Gasteiger partial charge is 0.120 e. The maximum absolute atomic E-state index is 8.93. The van der Waals surface area contributed by atoms with Crippen molar-refractivity contribution in [2.24, 2.45) is 5.73 Å². The Balaban J connectivity index is 2.39. The lowest BCUT2D eigenvalue weighted by Gasteiger charge is -2.05. The third-order valence-corrected chi connectivity index (χ3v) is 1.49. The van der Waals surface area contributed by atoms with Crippen LogP contribution in [-0.4, -0.2) is 23.4 Å². The van der Waals surface area contributed by atoms with Crippen molar-refractivity contribution < 1.29 is 5.11 Å². The number of aliphatic hydroxyl groups is 1. The Morgan fingerprint density at radius 3 is 2.50 bits per heavy atom. The first-order valence-corrected chi connectivity index (χ1v) is 2.90. The summed E-state index contributed by atoms with van der Waals surface area (Å²) in [5.41, 5.74) is 5.46. The number of rotatable bonds is 0. The highest BCUT2D eigenvalue weighted by atomic mass is 16.3. The summed E-state index contributed by atoms with van der Waals surface area (Å²) >= 11 is 0. The Labute approximate surface area is 48.9 Å². The number of hydrogen-bond acceptors (Lipinski definition) is 3. The fourth-order valence-corrected chi connectivity index (χ4v) is 1.02. The van der Waals surface area contributed by atoms with Crippen molar-refractivity contribution in [3.63, 3.8) is 0 Å². The molecular weight excluding hydrogens is 104 g/mol. The molecule has 0 aromatic heterocycles. The van der Waals surface area contributed by atoms with Crippen molar-refractivity contribution in [1.29, 1.82) is 0 Å². The van der Waals surface area contributed by atoms with Crippen molar-refractivity contribution in [2.45, 2.75) is 31.7 Å². The molecule has 3 heteroatoms. The molecule has 4 N–H and O–H groups in total. The van der Waals surface area contributed by atoms with Crippen LogP contribution in [0, 0.1) is 0 Å². The van der Waals surface area contributed by atoms with Gasteiger partial charge >= 0.3 is 0 Å². The largest absolute Gasteiger partial charge is 0.377 e. The lowest BCUT2D eigenvalue weighted by Crippen LogP contribution is -2.36. The van der Waals surface area contributed by atoms with Gasteiger partial charge in [0, 0.05) is 12.1 Å². The molecule has 0 radical (unpaired) electrons. The fraction of sp³-hybridized carbons (Fsp3) is 1.00. The van der Waals surface area contributed by atoms with Crippen molar-refractivity contribution in [3.8, 4) is 0 Å². The third kappa shape index (κ3) is 0.992. The van der Waals surface area contributed by atoms with E-state index in [1.165, 1.54) is 0 Å². The summed E-state index contributed by atoms with van der Waals surface area (Å²) in [5.74, 6) is 0. The van der Waals surface area contributed by atoms with E-state index < -0.39 is 6.23 Å². The molecule has 0 spiro atoms. The molecule has 0 saturated carbocycles. The molecule has 0 bridgehead atoms. The summed E-state index contributed by atoms with van der Waals surface area (Å²) in [5, 5.41) is 11.8. The van der Waals surface area contributed by atoms with E-state index >= 15 is 0 Å². The summed E-state index contributed by atoms with van der Waals surface area (Å²) in [4.78, 5) is 0. The van der Waals surface area contributed by atoms with E-state index in [0.29, 0.717) is 6.04 Å². The molecular formula is C5H12N2O. The van der Waals surface area contributed by atoms with Gasteiger partial charge in [-0.25, -0.2) is 0 Å². The second kappa shape index (κ2) is 2.01. The predicted molar refractivity (Wildman–Crippen MR) is 31.2 cm³/mol. The summed E-state index contributed by atoms with van der Waals surface area (Å²) in [6, 6.07) is 0.310. The molecule has 0 aromatic rings. The zero-order valence-corrected chi connectivity index (χ0v) is 4.96. The van der Waals surface area contributed by atoms with E-state index in [-0.39, 0.29) is 6.04 Å². The van der Waals surface area contributed by atoms with Crippen molar-refractivity contribution in [1.82, 2.24) is 5.32 Å². The normalized spacial score (nSPS) is 47.6. The molecule has 3 atom stereocenters. The van der Waals surface area contributed by atoms with Crippen LogP contribution in [0.1, 0.15) is 13.3 Å². The SMILES string of the molecule is C[C@H]1C[C@H](N)C(O)N1. The topological polar surface area (TPSA) is 58.3 Å². The van der Waals surface area contributed by atoms with Crippen molar-refractivity contribution >= 4 is 0 Å². The zero-order chi connectivity index (χ0) is 6.15. The van der Waals surface area contributed by atoms with Gasteiger partial charge in [0.25, 0.3) is 0 Å². The third-order valence-electron chi connectivity index (χ3n) is 1.49. The molecule has 1 saturated heterocycles. The Morgan fingerprint density at radius 2 is 2.38 bits per heavy atom. The van der Waals surface area contributed by atoms with Crippen LogP contribution in [0.15, 0.2) is 0 Å². The molecule has 3 nitrogen and oxygen atoms in total. The standard InChI is InChI=1S/C5H12N2O/c1-3-2-4(6)5(8)7-3/h3-5,7-8H,2,6H2,1H3/t3-,4-,5?/m0/s1. The van der Waals surface area contributed by atoms with Gasteiger partial charge in [-0.1, -0.05) is 0 Å². The molecule has 8 heavy (non-hydrogen) atoms. The van der Waals surface area contributed by atoms with Gasteiger partial charge in [0.1, 0.15) is 6.23 Å². The van der Waals surface area contributed by atoms with Crippen molar-refractivity contribution in [2.75, 3.05) is 0 Å². The van der Waals surface area contributed by atoms with Crippen LogP contribution in [0.5, 0.6) is 0 Å². The average molecular weight is 116 g/mol. The maximum atomic E-state index is 8.93. The Bertz CT molecular complexity index is 76.5. The lowest BCUT2D eigenvalue weighted by atomic mass is 10.2. The number of nitrogens with one attached hydrogen (secondary N) is 1. The van der Waals surface area contributed by atoms with Crippen molar-refractivity contribution in [3.05, 3.63) is 0 Å². The molecule has 0 amide bonds. The lowest BCUT2D eigenvalue weighted by molar-refractivity contribution is 0.140. The minimum atomic E-state index is -0.481. The predicted octanol–water partition coefficient (Wildman–Crippen LogP) is -0.986. The van der Waals surface area contributed by atoms with Gasteiger partial charge in [0.05, 0.1) is 0 Å². The minimum absolute atomic E-state index is 0.0648. The van der Waals surface area contributed by atoms with Crippen LogP contribution in [-0.2, 0) is 0 Å². The summed E-state index contributed by atoms with van der Waals surface area (Å²) in [6.07, 6.45) is 0.395. The van der Waals surface area contributed by atoms with Gasteiger partial charge < -0.3 is 10.8 Å². The number of hydrogen-bond donors (Lipinski definition) is 3. The van der Waals surface area contributed by atoms with Gasteiger partial charge in [0.15, 0.2) is 0 Å². The average Bonchev–Trinajstić information content (AvgIpc) is 1.85. The van der Waals surface area contributed by atoms with Crippen LogP contribution in [0.3, 0.4) is 0 Å². The van der Waals surface area contributed by atoms with Gasteiger partial charge in [0.2, 0.25) is 0 Å². The van der Waals surface area contributed by atoms with Crippen LogP contribution in [0.25, 0.3) is 0 Å². The van der Waals surface area contributed by atoms with Gasteiger partial charge in [-0.2, -0.15) is 0 Å². The Hall–Kier alpha value is -0.120. The van der Waals surface area contributed by atoms with E-state index in [2.05, 4.69) is 5.32 Å². The number of nitrogens with two attached hydrogens (primary N) is 1. The first kappa shape index (κ1) is 6.01. The van der Waals surface area contributed by atoms with Crippen LogP contribution in [0.4, 0.5) is 0 Å². The second-order valence-corrected chi connectivity index (χ2v) is 2.41.